The molecule has 0 bridgehead atoms. The molecule has 28 heavy (non-hydrogen) atoms. The van der Waals surface area contributed by atoms with Crippen molar-refractivity contribution in [2.24, 2.45) is 10.9 Å². The van der Waals surface area contributed by atoms with Crippen molar-refractivity contribution in [1.29, 1.82) is 0 Å². The van der Waals surface area contributed by atoms with Crippen LogP contribution in [0.25, 0.3) is 11.3 Å². The number of carbonyl (C=O) groups excluding carboxylic acids is 3. The van der Waals surface area contributed by atoms with Gasteiger partial charge in [-0.1, -0.05) is 17.8 Å². The van der Waals surface area contributed by atoms with E-state index in [0.717, 1.165) is 24.0 Å². The van der Waals surface area contributed by atoms with E-state index in [1.54, 1.807) is 6.26 Å². The number of rotatable bonds is 3. The highest BCUT2D eigenvalue weighted by Crippen LogP contribution is 2.38. The lowest BCUT2D eigenvalue weighted by Gasteiger charge is -2.19. The third-order valence-corrected chi connectivity index (χ3v) is 4.27. The summed E-state index contributed by atoms with van der Waals surface area (Å²) in [5.41, 5.74) is -1.60. The lowest BCUT2D eigenvalue weighted by atomic mass is 10.0. The molecule has 0 saturated carbocycles. The molecule has 1 aromatic carbocycles. The number of H-pyrrole nitrogens is 1. The predicted molar refractivity (Wildman–Crippen MR) is 93.0 cm³/mol. The summed E-state index contributed by atoms with van der Waals surface area (Å²) >= 11 is 1.00. The summed E-state index contributed by atoms with van der Waals surface area (Å²) in [6, 6.07) is 2.98. The van der Waals surface area contributed by atoms with Gasteiger partial charge in [0, 0.05) is 11.3 Å². The quantitative estimate of drug-likeness (QED) is 0.654. The van der Waals surface area contributed by atoms with Crippen molar-refractivity contribution in [3.8, 4) is 11.3 Å². The Balaban J connectivity index is 1.89. The second-order valence-electron chi connectivity index (χ2n) is 5.48. The van der Waals surface area contributed by atoms with Crippen molar-refractivity contribution in [3.63, 3.8) is 0 Å². The first-order valence-electron chi connectivity index (χ1n) is 7.56. The number of thioether (sulfide) groups is 1. The monoisotopic (exact) mass is 412 g/mol. The molecule has 0 fully saturated rings. The van der Waals surface area contributed by atoms with Crippen LogP contribution in [0.15, 0.2) is 29.4 Å². The number of hydrogen-bond acceptors (Lipinski definition) is 6. The number of anilines is 1. The molecule has 13 heteroatoms. The van der Waals surface area contributed by atoms with Gasteiger partial charge >= 0.3 is 6.18 Å². The van der Waals surface area contributed by atoms with E-state index in [-0.39, 0.29) is 22.1 Å². The number of alkyl halides is 3. The van der Waals surface area contributed by atoms with E-state index in [1.807, 2.05) is 0 Å². The van der Waals surface area contributed by atoms with Gasteiger partial charge < -0.3 is 10.6 Å². The summed E-state index contributed by atoms with van der Waals surface area (Å²) in [7, 11) is 0. The summed E-state index contributed by atoms with van der Waals surface area (Å²) < 4.78 is 40.2. The molecule has 0 aliphatic carbocycles. The number of nitrogens with zero attached hydrogens (tertiary/aromatic N) is 3. The molecule has 1 atom stereocenters. The molecule has 1 aromatic heterocycles. The SMILES string of the molecule is CSC1=NC(=O)C(C(=O)Nc2ccc(-c3cn[nH]n3)c(C(F)(F)F)c2)C(=O)N1. The zero-order valence-electron chi connectivity index (χ0n) is 14.0. The van der Waals surface area contributed by atoms with E-state index >= 15 is 0 Å². The Morgan fingerprint density at radius 3 is 2.61 bits per heavy atom. The van der Waals surface area contributed by atoms with Crippen LogP contribution >= 0.6 is 11.8 Å². The Bertz CT molecular complexity index is 974. The second-order valence-corrected chi connectivity index (χ2v) is 6.28. The van der Waals surface area contributed by atoms with Gasteiger partial charge in [0.1, 0.15) is 5.69 Å². The van der Waals surface area contributed by atoms with Crippen molar-refractivity contribution in [1.82, 2.24) is 20.7 Å². The minimum Gasteiger partial charge on any atom is -0.325 e. The van der Waals surface area contributed by atoms with Crippen LogP contribution in [-0.2, 0) is 20.6 Å². The van der Waals surface area contributed by atoms with Crippen LogP contribution in [-0.4, -0.2) is 44.6 Å². The molecule has 1 aliphatic heterocycles. The molecule has 3 amide bonds. The Labute approximate surface area is 159 Å². The van der Waals surface area contributed by atoms with E-state index in [1.165, 1.54) is 6.07 Å². The molecule has 1 unspecified atom stereocenters. The van der Waals surface area contributed by atoms with Crippen molar-refractivity contribution < 1.29 is 27.6 Å². The summed E-state index contributed by atoms with van der Waals surface area (Å²) in [6.45, 7) is 0. The molecular formula is C15H11F3N6O3S. The average Bonchev–Trinajstić information content (AvgIpc) is 3.14. The largest absolute Gasteiger partial charge is 0.417 e. The van der Waals surface area contributed by atoms with Crippen LogP contribution in [0.3, 0.4) is 0 Å². The maximum absolute atomic E-state index is 13.4. The van der Waals surface area contributed by atoms with Gasteiger partial charge in [-0.25, -0.2) is 0 Å². The van der Waals surface area contributed by atoms with Crippen LogP contribution in [0, 0.1) is 5.92 Å². The first-order valence-corrected chi connectivity index (χ1v) is 8.79. The van der Waals surface area contributed by atoms with Crippen molar-refractivity contribution in [3.05, 3.63) is 30.0 Å². The van der Waals surface area contributed by atoms with Crippen molar-refractivity contribution in [2.45, 2.75) is 6.18 Å². The van der Waals surface area contributed by atoms with E-state index in [9.17, 15) is 27.6 Å². The van der Waals surface area contributed by atoms with Gasteiger partial charge in [-0.05, 0) is 18.4 Å². The van der Waals surface area contributed by atoms with E-state index in [0.29, 0.717) is 6.07 Å². The zero-order valence-corrected chi connectivity index (χ0v) is 14.8. The van der Waals surface area contributed by atoms with Crippen LogP contribution < -0.4 is 10.6 Å². The third-order valence-electron chi connectivity index (χ3n) is 3.69. The van der Waals surface area contributed by atoms with Gasteiger partial charge in [-0.3, -0.25) is 14.4 Å². The molecule has 1 aliphatic rings. The topological polar surface area (TPSA) is 129 Å². The second kappa shape index (κ2) is 7.42. The highest BCUT2D eigenvalue weighted by atomic mass is 32.2. The summed E-state index contributed by atoms with van der Waals surface area (Å²) in [6.07, 6.45) is -2.05. The molecule has 2 heterocycles. The lowest BCUT2D eigenvalue weighted by Crippen LogP contribution is -2.48. The van der Waals surface area contributed by atoms with E-state index < -0.39 is 35.4 Å². The number of amidine groups is 1. The number of benzene rings is 1. The van der Waals surface area contributed by atoms with Crippen molar-refractivity contribution >= 4 is 40.3 Å². The normalized spacial score (nSPS) is 17.1. The summed E-state index contributed by atoms with van der Waals surface area (Å²) in [5, 5.41) is 13.8. The third kappa shape index (κ3) is 3.88. The number of aromatic nitrogens is 3. The van der Waals surface area contributed by atoms with Gasteiger partial charge in [0.25, 0.3) is 5.91 Å². The Hall–Kier alpha value is -3.22. The zero-order chi connectivity index (χ0) is 20.5. The van der Waals surface area contributed by atoms with Gasteiger partial charge in [0.2, 0.25) is 11.8 Å². The van der Waals surface area contributed by atoms with Crippen LogP contribution in [0.2, 0.25) is 0 Å². The number of aliphatic imine (C=N–C) groups is 1. The van der Waals surface area contributed by atoms with Crippen LogP contribution in [0.5, 0.6) is 0 Å². The van der Waals surface area contributed by atoms with E-state index in [4.69, 9.17) is 0 Å². The molecule has 2 aromatic rings. The maximum atomic E-state index is 13.4. The number of nitrogens with one attached hydrogen (secondary N) is 3. The molecular weight excluding hydrogens is 401 g/mol. The molecule has 0 radical (unpaired) electrons. The fourth-order valence-electron chi connectivity index (χ4n) is 2.44. The molecule has 9 nitrogen and oxygen atoms in total. The fraction of sp³-hybridized carbons (Fsp3) is 0.200. The Morgan fingerprint density at radius 1 is 1.29 bits per heavy atom. The maximum Gasteiger partial charge on any atom is 0.417 e. The van der Waals surface area contributed by atoms with Gasteiger partial charge in [0.05, 0.1) is 11.8 Å². The summed E-state index contributed by atoms with van der Waals surface area (Å²) in [5.74, 6) is -4.79. The van der Waals surface area contributed by atoms with E-state index in [2.05, 4.69) is 31.0 Å². The van der Waals surface area contributed by atoms with Crippen LogP contribution in [0.4, 0.5) is 18.9 Å². The smallest absolute Gasteiger partial charge is 0.325 e. The fourth-order valence-corrected chi connectivity index (χ4v) is 2.82. The number of carbonyl (C=O) groups is 3. The van der Waals surface area contributed by atoms with Crippen molar-refractivity contribution in [2.75, 3.05) is 11.6 Å². The van der Waals surface area contributed by atoms with Crippen LogP contribution in [0.1, 0.15) is 5.56 Å². The molecule has 3 rings (SSSR count). The highest BCUT2D eigenvalue weighted by Gasteiger charge is 2.39. The Kier molecular flexibility index (Phi) is 5.18. The number of hydrogen-bond donors (Lipinski definition) is 3. The number of aromatic amines is 1. The minimum absolute atomic E-state index is 0.0361. The molecule has 3 N–H and O–H groups in total. The van der Waals surface area contributed by atoms with Gasteiger partial charge in [0.15, 0.2) is 11.1 Å². The number of halogens is 3. The highest BCUT2D eigenvalue weighted by molar-refractivity contribution is 8.13. The Morgan fingerprint density at radius 2 is 2.04 bits per heavy atom. The minimum atomic E-state index is -4.75. The van der Waals surface area contributed by atoms with Gasteiger partial charge in [-0.2, -0.15) is 33.6 Å². The molecule has 0 spiro atoms. The average molecular weight is 412 g/mol. The molecule has 146 valence electrons. The first-order chi connectivity index (χ1) is 13.2. The lowest BCUT2D eigenvalue weighted by molar-refractivity contribution is -0.140. The number of amides is 3. The predicted octanol–water partition coefficient (Wildman–Crippen LogP) is 1.42. The molecule has 0 saturated heterocycles. The summed E-state index contributed by atoms with van der Waals surface area (Å²) in [4.78, 5) is 39.7. The standard InChI is InChI=1S/C15H11F3N6O3S/c1-28-14-21-12(26)10(13(27)22-14)11(25)20-6-2-3-7(9-5-19-24-23-9)8(4-6)15(16,17)18/h2-5,10H,1H3,(H,20,25)(H,19,23,24)(H,21,22,26,27). The first kappa shape index (κ1) is 19.5. The van der Waals surface area contributed by atoms with Gasteiger partial charge in [-0.15, -0.1) is 0 Å².